The van der Waals surface area contributed by atoms with Gasteiger partial charge in [0.15, 0.2) is 0 Å². The Kier molecular flexibility index (Phi) is 4.17. The van der Waals surface area contributed by atoms with Crippen molar-refractivity contribution in [1.82, 2.24) is 0 Å². The Morgan fingerprint density at radius 1 is 1.16 bits per heavy atom. The Hall–Kier alpha value is -1.46. The van der Waals surface area contributed by atoms with Crippen molar-refractivity contribution in [1.29, 1.82) is 0 Å². The van der Waals surface area contributed by atoms with E-state index in [1.807, 2.05) is 0 Å². The van der Waals surface area contributed by atoms with E-state index in [0.29, 0.717) is 16.1 Å². The Morgan fingerprint density at radius 3 is 2.58 bits per heavy atom. The van der Waals surface area contributed by atoms with Crippen LogP contribution in [0.4, 0.5) is 14.5 Å². The first-order chi connectivity index (χ1) is 8.97. The first kappa shape index (κ1) is 14.0. The Bertz CT molecular complexity index is 649. The van der Waals surface area contributed by atoms with Crippen LogP contribution in [0.15, 0.2) is 41.3 Å². The van der Waals surface area contributed by atoms with Gasteiger partial charge in [-0.15, -0.1) is 0 Å². The van der Waals surface area contributed by atoms with Crippen molar-refractivity contribution >= 4 is 28.1 Å². The third-order valence-corrected chi connectivity index (χ3v) is 4.19. The highest BCUT2D eigenvalue weighted by atomic mass is 35.5. The lowest BCUT2D eigenvalue weighted by Crippen LogP contribution is -2.01. The minimum Gasteiger partial charge on any atom is -0.398 e. The molecule has 0 aromatic heterocycles. The molecule has 0 saturated carbocycles. The molecule has 0 fully saturated rings. The second-order valence-corrected chi connectivity index (χ2v) is 5.77. The van der Waals surface area contributed by atoms with Crippen LogP contribution in [0.2, 0.25) is 5.02 Å². The van der Waals surface area contributed by atoms with E-state index in [0.717, 1.165) is 6.07 Å². The topological polar surface area (TPSA) is 43.1 Å². The molecule has 2 rings (SSSR count). The van der Waals surface area contributed by atoms with Gasteiger partial charge in [0.1, 0.15) is 11.6 Å². The first-order valence-electron chi connectivity index (χ1n) is 5.34. The number of benzene rings is 2. The van der Waals surface area contributed by atoms with Crippen LogP contribution >= 0.6 is 11.6 Å². The van der Waals surface area contributed by atoms with E-state index in [9.17, 15) is 13.0 Å². The lowest BCUT2D eigenvalue weighted by atomic mass is 10.2. The number of hydrogen-bond donors (Lipinski definition) is 1. The normalized spacial score (nSPS) is 12.4. The van der Waals surface area contributed by atoms with E-state index in [-0.39, 0.29) is 10.8 Å². The number of anilines is 1. The van der Waals surface area contributed by atoms with Gasteiger partial charge in [-0.3, -0.25) is 4.21 Å². The summed E-state index contributed by atoms with van der Waals surface area (Å²) in [5.41, 5.74) is 6.49. The predicted octanol–water partition coefficient (Wildman–Crippen LogP) is 3.51. The molecule has 2 nitrogen and oxygen atoms in total. The van der Waals surface area contributed by atoms with Crippen molar-refractivity contribution in [3.05, 3.63) is 58.6 Å². The molecule has 0 spiro atoms. The van der Waals surface area contributed by atoms with Crippen molar-refractivity contribution in [2.24, 2.45) is 0 Å². The predicted molar refractivity (Wildman–Crippen MR) is 72.3 cm³/mol. The van der Waals surface area contributed by atoms with Crippen molar-refractivity contribution in [2.75, 3.05) is 5.73 Å². The van der Waals surface area contributed by atoms with Gasteiger partial charge in [-0.05, 0) is 42.0 Å². The van der Waals surface area contributed by atoms with Crippen molar-refractivity contribution in [3.8, 4) is 0 Å². The fraction of sp³-hybridized carbons (Fsp3) is 0.0769. The maximum absolute atomic E-state index is 13.1. The molecule has 0 saturated heterocycles. The molecule has 2 aromatic carbocycles. The number of nitrogens with two attached hydrogens (primary N) is 1. The molecule has 0 aliphatic carbocycles. The number of nitrogen functional groups attached to an aromatic ring is 1. The van der Waals surface area contributed by atoms with E-state index in [4.69, 9.17) is 17.3 Å². The standard InChI is InChI=1S/C13H10ClF2NOS/c14-11-6-10(2-3-12(11)16)19(18)7-8-5-9(15)1-4-13(8)17/h1-6H,7,17H2. The van der Waals surface area contributed by atoms with Crippen molar-refractivity contribution < 1.29 is 13.0 Å². The van der Waals surface area contributed by atoms with Crippen molar-refractivity contribution in [3.63, 3.8) is 0 Å². The highest BCUT2D eigenvalue weighted by Crippen LogP contribution is 2.22. The van der Waals surface area contributed by atoms with E-state index in [2.05, 4.69) is 0 Å². The fourth-order valence-corrected chi connectivity index (χ4v) is 2.96. The second-order valence-electron chi connectivity index (χ2n) is 3.91. The van der Waals surface area contributed by atoms with Crippen LogP contribution in [0.1, 0.15) is 5.56 Å². The Morgan fingerprint density at radius 2 is 1.89 bits per heavy atom. The Balaban J connectivity index is 2.25. The molecule has 100 valence electrons. The lowest BCUT2D eigenvalue weighted by Gasteiger charge is -2.06. The molecular weight excluding hydrogens is 292 g/mol. The van der Waals surface area contributed by atoms with Crippen LogP contribution < -0.4 is 5.73 Å². The van der Waals surface area contributed by atoms with Gasteiger partial charge in [-0.2, -0.15) is 0 Å². The maximum Gasteiger partial charge on any atom is 0.141 e. The molecule has 2 N–H and O–H groups in total. The van der Waals surface area contributed by atoms with Crippen LogP contribution in [0.5, 0.6) is 0 Å². The summed E-state index contributed by atoms with van der Waals surface area (Å²) in [5.74, 6) is -0.975. The maximum atomic E-state index is 13.1. The quantitative estimate of drug-likeness (QED) is 0.882. The van der Waals surface area contributed by atoms with Gasteiger partial charge in [0, 0.05) is 10.6 Å². The van der Waals surface area contributed by atoms with Gasteiger partial charge in [-0.1, -0.05) is 11.6 Å². The van der Waals surface area contributed by atoms with Crippen LogP contribution in [-0.2, 0) is 16.6 Å². The monoisotopic (exact) mass is 301 g/mol. The molecule has 1 atom stereocenters. The molecule has 0 aliphatic heterocycles. The highest BCUT2D eigenvalue weighted by Gasteiger charge is 2.10. The summed E-state index contributed by atoms with van der Waals surface area (Å²) < 4.78 is 38.2. The number of rotatable bonds is 3. The zero-order valence-corrected chi connectivity index (χ0v) is 11.3. The van der Waals surface area contributed by atoms with E-state index < -0.39 is 22.4 Å². The SMILES string of the molecule is Nc1ccc(F)cc1CS(=O)c1ccc(F)c(Cl)c1. The third kappa shape index (κ3) is 3.30. The molecule has 19 heavy (non-hydrogen) atoms. The van der Waals surface area contributed by atoms with Gasteiger partial charge in [0.25, 0.3) is 0 Å². The summed E-state index contributed by atoms with van der Waals surface area (Å²) in [4.78, 5) is 0.370. The number of hydrogen-bond acceptors (Lipinski definition) is 2. The highest BCUT2D eigenvalue weighted by molar-refractivity contribution is 7.84. The Labute approximate surface area is 116 Å². The van der Waals surface area contributed by atoms with Crippen LogP contribution in [-0.4, -0.2) is 4.21 Å². The van der Waals surface area contributed by atoms with Gasteiger partial charge in [0.05, 0.1) is 21.6 Å². The van der Waals surface area contributed by atoms with E-state index in [1.165, 1.54) is 30.3 Å². The fourth-order valence-electron chi connectivity index (χ4n) is 1.54. The van der Waals surface area contributed by atoms with Crippen molar-refractivity contribution in [2.45, 2.75) is 10.6 Å². The molecule has 0 bridgehead atoms. The number of halogens is 3. The third-order valence-electron chi connectivity index (χ3n) is 2.55. The molecule has 0 amide bonds. The molecule has 0 heterocycles. The summed E-state index contributed by atoms with van der Waals surface area (Å²) >= 11 is 5.62. The van der Waals surface area contributed by atoms with Gasteiger partial charge >= 0.3 is 0 Å². The molecular formula is C13H10ClF2NOS. The van der Waals surface area contributed by atoms with Gasteiger partial charge in [-0.25, -0.2) is 8.78 Å². The average Bonchev–Trinajstić information content (AvgIpc) is 2.37. The lowest BCUT2D eigenvalue weighted by molar-refractivity contribution is 0.626. The molecule has 0 radical (unpaired) electrons. The summed E-state index contributed by atoms with van der Waals surface area (Å²) in [6, 6.07) is 7.70. The first-order valence-corrected chi connectivity index (χ1v) is 7.04. The summed E-state index contributed by atoms with van der Waals surface area (Å²) in [6.45, 7) is 0. The molecule has 6 heteroatoms. The van der Waals surface area contributed by atoms with Crippen LogP contribution in [0.3, 0.4) is 0 Å². The molecule has 0 aliphatic rings. The second kappa shape index (κ2) is 5.67. The smallest absolute Gasteiger partial charge is 0.141 e. The summed E-state index contributed by atoms with van der Waals surface area (Å²) in [5, 5.41) is -0.0990. The molecule has 1 unspecified atom stereocenters. The summed E-state index contributed by atoms with van der Waals surface area (Å²) in [7, 11) is -1.47. The zero-order chi connectivity index (χ0) is 14.0. The van der Waals surface area contributed by atoms with E-state index in [1.54, 1.807) is 0 Å². The van der Waals surface area contributed by atoms with Crippen LogP contribution in [0.25, 0.3) is 0 Å². The molecule has 2 aromatic rings. The van der Waals surface area contributed by atoms with Crippen LogP contribution in [0, 0.1) is 11.6 Å². The zero-order valence-electron chi connectivity index (χ0n) is 9.70. The minimum absolute atomic E-state index is 0.0472. The van der Waals surface area contributed by atoms with E-state index >= 15 is 0 Å². The van der Waals surface area contributed by atoms with Gasteiger partial charge in [0.2, 0.25) is 0 Å². The minimum atomic E-state index is -1.47. The largest absolute Gasteiger partial charge is 0.398 e. The average molecular weight is 302 g/mol. The summed E-state index contributed by atoms with van der Waals surface area (Å²) in [6.07, 6.45) is 0. The van der Waals surface area contributed by atoms with Gasteiger partial charge < -0.3 is 5.73 Å².